The number of ether oxygens (including phenoxy) is 2. The van der Waals surface area contributed by atoms with E-state index in [1.807, 2.05) is 77.7 Å². The highest BCUT2D eigenvalue weighted by Gasteiger charge is 2.27. The van der Waals surface area contributed by atoms with E-state index >= 15 is 0 Å². The summed E-state index contributed by atoms with van der Waals surface area (Å²) in [6, 6.07) is 29.2. The zero-order valence-electron chi connectivity index (χ0n) is 18.9. The third kappa shape index (κ3) is 5.53. The van der Waals surface area contributed by atoms with E-state index in [1.54, 1.807) is 12.1 Å². The lowest BCUT2D eigenvalue weighted by molar-refractivity contribution is 0.0746. The third-order valence-electron chi connectivity index (χ3n) is 5.92. The second-order valence-corrected chi connectivity index (χ2v) is 9.72. The van der Waals surface area contributed by atoms with E-state index < -0.39 is 0 Å². The molecule has 5 rings (SSSR count). The topological polar surface area (TPSA) is 38.8 Å². The fourth-order valence-electron chi connectivity index (χ4n) is 4.08. The molecule has 0 N–H and O–H groups in total. The maximum Gasteiger partial charge on any atom is 0.258 e. The van der Waals surface area contributed by atoms with Crippen LogP contribution in [0.25, 0.3) is 0 Å². The van der Waals surface area contributed by atoms with Crippen LogP contribution in [0.4, 0.5) is 0 Å². The number of fused-ring (bicyclic) bond motifs is 1. The first-order valence-electron chi connectivity index (χ1n) is 11.3. The van der Waals surface area contributed by atoms with E-state index in [9.17, 15) is 4.79 Å². The van der Waals surface area contributed by atoms with Crippen LogP contribution in [-0.2, 0) is 26.3 Å². The Morgan fingerprint density at radius 2 is 1.37 bits per heavy atom. The number of benzene rings is 4. The molecule has 0 saturated carbocycles. The maximum absolute atomic E-state index is 13.6. The number of halogens is 2. The molecule has 4 aromatic rings. The van der Waals surface area contributed by atoms with Crippen molar-refractivity contribution in [3.63, 3.8) is 0 Å². The molecule has 35 heavy (non-hydrogen) atoms. The highest BCUT2D eigenvalue weighted by atomic mass is 79.9. The molecule has 4 nitrogen and oxygen atoms in total. The fourth-order valence-corrected chi connectivity index (χ4v) is 4.71. The molecule has 1 heterocycles. The van der Waals surface area contributed by atoms with Gasteiger partial charge in [0.25, 0.3) is 5.91 Å². The molecular formula is C29H23BrClNO3. The van der Waals surface area contributed by atoms with Gasteiger partial charge in [-0.2, -0.15) is 0 Å². The molecule has 176 valence electrons. The summed E-state index contributed by atoms with van der Waals surface area (Å²) in [4.78, 5) is 15.4. The van der Waals surface area contributed by atoms with Crippen LogP contribution in [0.3, 0.4) is 0 Å². The summed E-state index contributed by atoms with van der Waals surface area (Å²) in [6.45, 7) is 1.77. The predicted molar refractivity (Wildman–Crippen MR) is 141 cm³/mol. The lowest BCUT2D eigenvalue weighted by Gasteiger charge is -2.20. The van der Waals surface area contributed by atoms with Crippen molar-refractivity contribution in [3.05, 3.63) is 128 Å². The van der Waals surface area contributed by atoms with Crippen molar-refractivity contribution < 1.29 is 14.3 Å². The molecule has 0 unspecified atom stereocenters. The zero-order chi connectivity index (χ0) is 24.2. The van der Waals surface area contributed by atoms with Gasteiger partial charge in [-0.05, 0) is 40.5 Å². The van der Waals surface area contributed by atoms with Gasteiger partial charge in [0.2, 0.25) is 0 Å². The monoisotopic (exact) mass is 547 g/mol. The van der Waals surface area contributed by atoms with E-state index in [0.717, 1.165) is 26.7 Å². The molecule has 0 atom stereocenters. The smallest absolute Gasteiger partial charge is 0.258 e. The number of hydrogen-bond acceptors (Lipinski definition) is 3. The maximum atomic E-state index is 13.6. The summed E-state index contributed by atoms with van der Waals surface area (Å²) in [6.07, 6.45) is 0. The number of carbonyl (C=O) groups excluding carboxylic acids is 1. The number of nitrogens with zero attached hydrogens (tertiary/aromatic N) is 1. The summed E-state index contributed by atoms with van der Waals surface area (Å²) in [7, 11) is 0. The molecule has 0 aliphatic carbocycles. The minimum absolute atomic E-state index is 0.128. The number of carbonyl (C=O) groups is 1. The second kappa shape index (κ2) is 10.5. The van der Waals surface area contributed by atoms with Gasteiger partial charge < -0.3 is 14.4 Å². The van der Waals surface area contributed by atoms with Crippen LogP contribution < -0.4 is 9.47 Å². The van der Waals surface area contributed by atoms with Gasteiger partial charge in [-0.15, -0.1) is 0 Å². The van der Waals surface area contributed by atoms with Crippen molar-refractivity contribution in [2.45, 2.75) is 26.3 Å². The van der Waals surface area contributed by atoms with Crippen LogP contribution >= 0.6 is 27.5 Å². The Labute approximate surface area is 218 Å². The summed E-state index contributed by atoms with van der Waals surface area (Å²) in [5.41, 5.74) is 4.72. The first kappa shape index (κ1) is 23.5. The Morgan fingerprint density at radius 3 is 2.03 bits per heavy atom. The second-order valence-electron chi connectivity index (χ2n) is 8.40. The first-order valence-corrected chi connectivity index (χ1v) is 12.5. The van der Waals surface area contributed by atoms with Crippen molar-refractivity contribution in [2.24, 2.45) is 0 Å². The van der Waals surface area contributed by atoms with Gasteiger partial charge in [-0.25, -0.2) is 0 Å². The molecular weight excluding hydrogens is 526 g/mol. The lowest BCUT2D eigenvalue weighted by atomic mass is 10.1. The molecule has 0 fully saturated rings. The highest BCUT2D eigenvalue weighted by Crippen LogP contribution is 2.36. The van der Waals surface area contributed by atoms with E-state index in [1.165, 1.54) is 0 Å². The molecule has 0 saturated heterocycles. The molecule has 0 aromatic heterocycles. The van der Waals surface area contributed by atoms with Crippen molar-refractivity contribution in [2.75, 3.05) is 0 Å². The standard InChI is InChI=1S/C29H23BrClNO3/c30-24-12-11-22-16-32(17-23(22)13-24)29(33)25-14-26(31)28(35-19-21-9-5-2-6-10-21)15-27(25)34-18-20-7-3-1-4-8-20/h1-15H,16-19H2. The fraction of sp³-hybridized carbons (Fsp3) is 0.138. The largest absolute Gasteiger partial charge is 0.488 e. The van der Waals surface area contributed by atoms with Crippen molar-refractivity contribution in [1.82, 2.24) is 4.90 Å². The van der Waals surface area contributed by atoms with Gasteiger partial charge in [-0.3, -0.25) is 4.79 Å². The molecule has 0 radical (unpaired) electrons. The Morgan fingerprint density at radius 1 is 0.771 bits per heavy atom. The Hall–Kier alpha value is -3.28. The van der Waals surface area contributed by atoms with E-state index in [4.69, 9.17) is 21.1 Å². The summed E-state index contributed by atoms with van der Waals surface area (Å²) in [5.74, 6) is 0.795. The van der Waals surface area contributed by atoms with Crippen molar-refractivity contribution >= 4 is 33.4 Å². The summed E-state index contributed by atoms with van der Waals surface area (Å²) < 4.78 is 13.2. The van der Waals surface area contributed by atoms with Crippen LogP contribution in [-0.4, -0.2) is 10.8 Å². The van der Waals surface area contributed by atoms with Gasteiger partial charge in [0.05, 0.1) is 10.6 Å². The molecule has 0 bridgehead atoms. The van der Waals surface area contributed by atoms with Crippen molar-refractivity contribution in [3.8, 4) is 11.5 Å². The lowest BCUT2D eigenvalue weighted by Crippen LogP contribution is -2.26. The van der Waals surface area contributed by atoms with Gasteiger partial charge in [0, 0.05) is 23.6 Å². The molecule has 0 spiro atoms. The number of rotatable bonds is 7. The Bertz CT molecular complexity index is 1350. The van der Waals surface area contributed by atoms with Crippen LogP contribution in [0.5, 0.6) is 11.5 Å². The molecule has 1 aliphatic rings. The third-order valence-corrected chi connectivity index (χ3v) is 6.71. The Kier molecular flexibility index (Phi) is 7.07. The predicted octanol–water partition coefficient (Wildman–Crippen LogP) is 7.42. The first-order chi connectivity index (χ1) is 17.1. The number of amides is 1. The summed E-state index contributed by atoms with van der Waals surface area (Å²) >= 11 is 10.1. The zero-order valence-corrected chi connectivity index (χ0v) is 21.3. The van der Waals surface area contributed by atoms with Crippen LogP contribution in [0.2, 0.25) is 5.02 Å². The SMILES string of the molecule is O=C(c1cc(Cl)c(OCc2ccccc2)cc1OCc1ccccc1)N1Cc2ccc(Br)cc2C1. The van der Waals surface area contributed by atoms with E-state index in [2.05, 4.69) is 22.0 Å². The molecule has 1 amide bonds. The quantitative estimate of drug-likeness (QED) is 0.241. The molecule has 6 heteroatoms. The highest BCUT2D eigenvalue weighted by molar-refractivity contribution is 9.10. The van der Waals surface area contributed by atoms with Gasteiger partial charge >= 0.3 is 0 Å². The summed E-state index contributed by atoms with van der Waals surface area (Å²) in [5, 5.41) is 0.371. The molecule has 4 aromatic carbocycles. The van der Waals surface area contributed by atoms with Crippen LogP contribution in [0.1, 0.15) is 32.6 Å². The van der Waals surface area contributed by atoms with E-state index in [0.29, 0.717) is 48.4 Å². The van der Waals surface area contributed by atoms with Crippen LogP contribution in [0, 0.1) is 0 Å². The van der Waals surface area contributed by atoms with Crippen molar-refractivity contribution in [1.29, 1.82) is 0 Å². The molecule has 1 aliphatic heterocycles. The average molecular weight is 549 g/mol. The average Bonchev–Trinajstić information content (AvgIpc) is 3.31. The van der Waals surface area contributed by atoms with Gasteiger partial charge in [0.1, 0.15) is 24.7 Å². The van der Waals surface area contributed by atoms with E-state index in [-0.39, 0.29) is 5.91 Å². The number of hydrogen-bond donors (Lipinski definition) is 0. The van der Waals surface area contributed by atoms with Gasteiger partial charge in [-0.1, -0.05) is 94.3 Å². The van der Waals surface area contributed by atoms with Gasteiger partial charge in [0.15, 0.2) is 0 Å². The Balaban J connectivity index is 1.42. The minimum atomic E-state index is -0.128. The van der Waals surface area contributed by atoms with Crippen LogP contribution in [0.15, 0.2) is 95.5 Å². The normalized spacial score (nSPS) is 12.3. The minimum Gasteiger partial charge on any atom is -0.488 e.